The second-order valence-electron chi connectivity index (χ2n) is 4.53. The zero-order valence-electron chi connectivity index (χ0n) is 11.7. The zero-order valence-corrected chi connectivity index (χ0v) is 12.5. The van der Waals surface area contributed by atoms with Crippen molar-refractivity contribution >= 4 is 10.2 Å². The van der Waals surface area contributed by atoms with E-state index in [1.54, 1.807) is 0 Å². The molecule has 2 N–H and O–H groups in total. The summed E-state index contributed by atoms with van der Waals surface area (Å²) in [4.78, 5) is 0. The van der Waals surface area contributed by atoms with E-state index in [4.69, 9.17) is 9.84 Å². The Bertz CT molecular complexity index is 306. The number of rotatable bonds is 10. The van der Waals surface area contributed by atoms with Crippen LogP contribution >= 0.6 is 0 Å². The highest BCUT2D eigenvalue weighted by atomic mass is 32.2. The van der Waals surface area contributed by atoms with E-state index in [-0.39, 0.29) is 18.6 Å². The van der Waals surface area contributed by atoms with Crippen molar-refractivity contribution in [3.8, 4) is 0 Å². The number of nitrogens with one attached hydrogen (secondary N) is 1. The normalized spacial score (nSPS) is 14.4. The van der Waals surface area contributed by atoms with Crippen LogP contribution in [0.15, 0.2) is 0 Å². The van der Waals surface area contributed by atoms with E-state index in [1.807, 2.05) is 20.8 Å². The van der Waals surface area contributed by atoms with Gasteiger partial charge in [0.25, 0.3) is 10.2 Å². The maximum absolute atomic E-state index is 12.0. The second kappa shape index (κ2) is 8.82. The van der Waals surface area contributed by atoms with Gasteiger partial charge in [0, 0.05) is 32.8 Å². The molecule has 18 heavy (non-hydrogen) atoms. The van der Waals surface area contributed by atoms with Crippen LogP contribution in [0.1, 0.15) is 27.2 Å². The average Bonchev–Trinajstić information content (AvgIpc) is 2.30. The van der Waals surface area contributed by atoms with Crippen molar-refractivity contribution < 1.29 is 18.3 Å². The molecule has 0 saturated heterocycles. The van der Waals surface area contributed by atoms with Gasteiger partial charge < -0.3 is 9.84 Å². The molecule has 0 radical (unpaired) electrons. The highest BCUT2D eigenvalue weighted by Crippen LogP contribution is 2.06. The third-order valence-corrected chi connectivity index (χ3v) is 4.25. The van der Waals surface area contributed by atoms with Gasteiger partial charge in [0.2, 0.25) is 0 Å². The molecule has 0 saturated carbocycles. The highest BCUT2D eigenvalue weighted by Gasteiger charge is 2.24. The Hall–Kier alpha value is -0.210. The first-order valence-electron chi connectivity index (χ1n) is 6.27. The van der Waals surface area contributed by atoms with Crippen LogP contribution in [0.3, 0.4) is 0 Å². The molecule has 0 heterocycles. The van der Waals surface area contributed by atoms with Gasteiger partial charge in [0.05, 0.1) is 6.61 Å². The van der Waals surface area contributed by atoms with Crippen LogP contribution in [-0.2, 0) is 14.9 Å². The molecule has 0 aliphatic rings. The van der Waals surface area contributed by atoms with E-state index in [1.165, 1.54) is 11.4 Å². The van der Waals surface area contributed by atoms with Crippen LogP contribution < -0.4 is 4.72 Å². The Kier molecular flexibility index (Phi) is 8.71. The van der Waals surface area contributed by atoms with E-state index < -0.39 is 10.2 Å². The SMILES string of the molecule is CCOCC(NS(=O)(=O)N(C)CCCO)C(C)C. The predicted molar refractivity (Wildman–Crippen MR) is 71.5 cm³/mol. The maximum Gasteiger partial charge on any atom is 0.279 e. The number of hydrogen-bond acceptors (Lipinski definition) is 4. The molecular weight excluding hydrogens is 256 g/mol. The summed E-state index contributed by atoms with van der Waals surface area (Å²) in [5, 5.41) is 8.71. The van der Waals surface area contributed by atoms with Crippen LogP contribution in [0.4, 0.5) is 0 Å². The topological polar surface area (TPSA) is 78.9 Å². The molecule has 0 spiro atoms. The smallest absolute Gasteiger partial charge is 0.279 e. The lowest BCUT2D eigenvalue weighted by Gasteiger charge is -2.25. The minimum Gasteiger partial charge on any atom is -0.396 e. The molecule has 1 atom stereocenters. The van der Waals surface area contributed by atoms with Gasteiger partial charge in [-0.3, -0.25) is 0 Å². The fourth-order valence-electron chi connectivity index (χ4n) is 1.30. The molecule has 7 heteroatoms. The number of aliphatic hydroxyl groups is 1. The lowest BCUT2D eigenvalue weighted by atomic mass is 10.1. The van der Waals surface area contributed by atoms with E-state index in [2.05, 4.69) is 4.72 Å². The highest BCUT2D eigenvalue weighted by molar-refractivity contribution is 7.87. The first-order valence-corrected chi connectivity index (χ1v) is 7.71. The van der Waals surface area contributed by atoms with Crippen LogP contribution in [0.25, 0.3) is 0 Å². The molecule has 0 aliphatic carbocycles. The molecule has 0 aromatic carbocycles. The van der Waals surface area contributed by atoms with Gasteiger partial charge in [-0.1, -0.05) is 13.8 Å². The number of hydrogen-bond donors (Lipinski definition) is 2. The van der Waals surface area contributed by atoms with Crippen molar-refractivity contribution in [2.24, 2.45) is 5.92 Å². The molecule has 0 fully saturated rings. The summed E-state index contributed by atoms with van der Waals surface area (Å²) < 4.78 is 33.1. The number of nitrogens with zero attached hydrogens (tertiary/aromatic N) is 1. The maximum atomic E-state index is 12.0. The molecule has 6 nitrogen and oxygen atoms in total. The number of ether oxygens (including phenoxy) is 1. The summed E-state index contributed by atoms with van der Waals surface area (Å²) in [5.41, 5.74) is 0. The molecule has 0 aromatic heterocycles. The van der Waals surface area contributed by atoms with Crippen LogP contribution in [-0.4, -0.2) is 57.3 Å². The average molecular weight is 282 g/mol. The molecule has 0 aliphatic heterocycles. The Morgan fingerprint density at radius 3 is 2.44 bits per heavy atom. The Labute approximate surface area is 111 Å². The molecule has 110 valence electrons. The molecule has 1 unspecified atom stereocenters. The van der Waals surface area contributed by atoms with Crippen molar-refractivity contribution in [1.29, 1.82) is 0 Å². The minimum absolute atomic E-state index is 0.0214. The third-order valence-electron chi connectivity index (χ3n) is 2.65. The van der Waals surface area contributed by atoms with Gasteiger partial charge in [-0.25, -0.2) is 0 Å². The zero-order chi connectivity index (χ0) is 14.2. The van der Waals surface area contributed by atoms with Gasteiger partial charge in [-0.15, -0.1) is 0 Å². The van der Waals surface area contributed by atoms with Gasteiger partial charge in [0.1, 0.15) is 0 Å². The lowest BCUT2D eigenvalue weighted by Crippen LogP contribution is -2.48. The van der Waals surface area contributed by atoms with E-state index >= 15 is 0 Å². The van der Waals surface area contributed by atoms with Gasteiger partial charge in [-0.05, 0) is 19.3 Å². The van der Waals surface area contributed by atoms with Gasteiger partial charge in [-0.2, -0.15) is 17.4 Å². The fraction of sp³-hybridized carbons (Fsp3) is 1.00. The standard InChI is InChI=1S/C11H26N2O4S/c1-5-17-9-11(10(2)3)12-18(15,16)13(4)7-6-8-14/h10-12,14H,5-9H2,1-4H3. The Morgan fingerprint density at radius 1 is 1.39 bits per heavy atom. The molecule has 0 bridgehead atoms. The van der Waals surface area contributed by atoms with E-state index in [0.717, 1.165) is 0 Å². The van der Waals surface area contributed by atoms with Crippen LogP contribution in [0, 0.1) is 5.92 Å². The van der Waals surface area contributed by atoms with Crippen molar-refractivity contribution in [2.75, 3.05) is 33.4 Å². The van der Waals surface area contributed by atoms with Crippen LogP contribution in [0.5, 0.6) is 0 Å². The predicted octanol–water partition coefficient (Wildman–Crippen LogP) is 0.196. The minimum atomic E-state index is -3.51. The van der Waals surface area contributed by atoms with Crippen molar-refractivity contribution in [3.63, 3.8) is 0 Å². The summed E-state index contributed by atoms with van der Waals surface area (Å²) in [6.07, 6.45) is 0.426. The first-order chi connectivity index (χ1) is 8.35. The summed E-state index contributed by atoms with van der Waals surface area (Å²) >= 11 is 0. The summed E-state index contributed by atoms with van der Waals surface area (Å²) in [7, 11) is -2.02. The first kappa shape index (κ1) is 17.8. The van der Waals surface area contributed by atoms with E-state index in [9.17, 15) is 8.42 Å². The van der Waals surface area contributed by atoms with Crippen LogP contribution in [0.2, 0.25) is 0 Å². The van der Waals surface area contributed by atoms with Gasteiger partial charge >= 0.3 is 0 Å². The van der Waals surface area contributed by atoms with Gasteiger partial charge in [0.15, 0.2) is 0 Å². The third kappa shape index (κ3) is 6.65. The summed E-state index contributed by atoms with van der Waals surface area (Å²) in [6.45, 7) is 6.96. The van der Waals surface area contributed by atoms with Crippen molar-refractivity contribution in [1.82, 2.24) is 9.03 Å². The fourth-order valence-corrected chi connectivity index (χ4v) is 2.57. The van der Waals surface area contributed by atoms with Crippen molar-refractivity contribution in [2.45, 2.75) is 33.2 Å². The monoisotopic (exact) mass is 282 g/mol. The van der Waals surface area contributed by atoms with E-state index in [0.29, 0.717) is 26.2 Å². The molecule has 0 rings (SSSR count). The number of aliphatic hydroxyl groups excluding tert-OH is 1. The summed E-state index contributed by atoms with van der Waals surface area (Å²) in [5.74, 6) is 0.151. The van der Waals surface area contributed by atoms with Crippen molar-refractivity contribution in [3.05, 3.63) is 0 Å². The quantitative estimate of drug-likeness (QED) is 0.600. The largest absolute Gasteiger partial charge is 0.396 e. The second-order valence-corrected chi connectivity index (χ2v) is 6.34. The Balaban J connectivity index is 4.49. The molecular formula is C11H26N2O4S. The summed E-state index contributed by atoms with van der Waals surface area (Å²) in [6, 6.07) is -0.244. The Morgan fingerprint density at radius 2 is 2.00 bits per heavy atom. The lowest BCUT2D eigenvalue weighted by molar-refractivity contribution is 0.115. The molecule has 0 aromatic rings. The molecule has 0 amide bonds.